The van der Waals surface area contributed by atoms with Gasteiger partial charge in [-0.3, -0.25) is 4.79 Å². The molecule has 76 valence electrons. The highest BCUT2D eigenvalue weighted by Gasteiger charge is 2.09. The van der Waals surface area contributed by atoms with Gasteiger partial charge in [-0.1, -0.05) is 0 Å². The standard InChI is InChI=1S/C8H10N2O2S2/c1-5-4-6(2)10(9-5)8(13)14-12-7(3)11/h4H,1-3H3. The van der Waals surface area contributed by atoms with Crippen LogP contribution in [0.5, 0.6) is 0 Å². The first kappa shape index (κ1) is 11.2. The van der Waals surface area contributed by atoms with Gasteiger partial charge in [-0.2, -0.15) is 5.10 Å². The first-order chi connectivity index (χ1) is 6.50. The van der Waals surface area contributed by atoms with E-state index in [9.17, 15) is 4.79 Å². The first-order valence-corrected chi connectivity index (χ1v) is 5.08. The Kier molecular flexibility index (Phi) is 3.65. The van der Waals surface area contributed by atoms with Crippen LogP contribution in [-0.4, -0.2) is 20.1 Å². The Hall–Kier alpha value is -0.880. The van der Waals surface area contributed by atoms with E-state index in [-0.39, 0.29) is 5.97 Å². The summed E-state index contributed by atoms with van der Waals surface area (Å²) in [6.45, 7) is 5.10. The zero-order chi connectivity index (χ0) is 10.7. The maximum atomic E-state index is 10.5. The van der Waals surface area contributed by atoms with Gasteiger partial charge in [0.25, 0.3) is 0 Å². The summed E-state index contributed by atoms with van der Waals surface area (Å²) in [5, 5.41) is 4.15. The second kappa shape index (κ2) is 4.56. The van der Waals surface area contributed by atoms with Crippen LogP contribution in [0.25, 0.3) is 0 Å². The summed E-state index contributed by atoms with van der Waals surface area (Å²) < 4.78 is 6.67. The normalized spacial score (nSPS) is 9.93. The fourth-order valence-electron chi connectivity index (χ4n) is 0.943. The second-order valence-corrected chi connectivity index (χ2v) is 4.13. The Morgan fingerprint density at radius 1 is 1.64 bits per heavy atom. The molecule has 0 fully saturated rings. The van der Waals surface area contributed by atoms with Crippen LogP contribution in [0.15, 0.2) is 6.07 Å². The lowest BCUT2D eigenvalue weighted by atomic mass is 10.4. The summed E-state index contributed by atoms with van der Waals surface area (Å²) in [6.07, 6.45) is 0. The van der Waals surface area contributed by atoms with Gasteiger partial charge in [0, 0.05) is 12.6 Å². The fourth-order valence-corrected chi connectivity index (χ4v) is 1.67. The smallest absolute Gasteiger partial charge is 0.315 e. The zero-order valence-corrected chi connectivity index (χ0v) is 9.74. The molecular formula is C8H10N2O2S2. The summed E-state index contributed by atoms with van der Waals surface area (Å²) in [7, 11) is 0. The van der Waals surface area contributed by atoms with Crippen LogP contribution in [0.1, 0.15) is 18.3 Å². The molecule has 6 heteroatoms. The van der Waals surface area contributed by atoms with Crippen molar-refractivity contribution in [1.82, 2.24) is 9.78 Å². The highest BCUT2D eigenvalue weighted by atomic mass is 32.2. The van der Waals surface area contributed by atoms with Crippen molar-refractivity contribution in [3.63, 3.8) is 0 Å². The van der Waals surface area contributed by atoms with Gasteiger partial charge in [0.15, 0.2) is 0 Å². The van der Waals surface area contributed by atoms with Crippen LogP contribution in [0, 0.1) is 13.8 Å². The minimum atomic E-state index is -0.376. The molecule has 0 spiro atoms. The van der Waals surface area contributed by atoms with E-state index in [1.54, 1.807) is 4.68 Å². The number of hydrogen-bond donors (Lipinski definition) is 0. The molecule has 0 aromatic carbocycles. The lowest BCUT2D eigenvalue weighted by Crippen LogP contribution is -2.10. The van der Waals surface area contributed by atoms with Crippen molar-refractivity contribution in [1.29, 1.82) is 0 Å². The van der Waals surface area contributed by atoms with Gasteiger partial charge in [0.05, 0.1) is 5.69 Å². The fraction of sp³-hybridized carbons (Fsp3) is 0.375. The molecule has 0 aliphatic rings. The zero-order valence-electron chi connectivity index (χ0n) is 8.10. The predicted octanol–water partition coefficient (Wildman–Crippen LogP) is 1.84. The molecule has 0 bridgehead atoms. The third kappa shape index (κ3) is 2.81. The highest BCUT2D eigenvalue weighted by molar-refractivity contribution is 8.20. The average Bonchev–Trinajstić information content (AvgIpc) is 2.41. The molecule has 0 unspecified atom stereocenters. The average molecular weight is 230 g/mol. The quantitative estimate of drug-likeness (QED) is 0.502. The van der Waals surface area contributed by atoms with Crippen molar-refractivity contribution < 1.29 is 8.98 Å². The molecule has 1 aromatic heterocycles. The minimum absolute atomic E-state index is 0.376. The van der Waals surface area contributed by atoms with Crippen LogP contribution in [0.2, 0.25) is 0 Å². The third-order valence-electron chi connectivity index (χ3n) is 1.41. The SMILES string of the molecule is CC(=O)OSC(=S)n1nc(C)cc1C. The summed E-state index contributed by atoms with van der Waals surface area (Å²) in [5.74, 6) is -0.376. The van der Waals surface area contributed by atoms with E-state index >= 15 is 0 Å². The van der Waals surface area contributed by atoms with Crippen molar-refractivity contribution in [2.45, 2.75) is 20.8 Å². The van der Waals surface area contributed by atoms with E-state index in [1.807, 2.05) is 19.9 Å². The third-order valence-corrected chi connectivity index (χ3v) is 2.42. The molecule has 1 heterocycles. The van der Waals surface area contributed by atoms with Crippen molar-refractivity contribution in [3.05, 3.63) is 17.5 Å². The Bertz CT molecular complexity index is 373. The molecule has 1 aromatic rings. The number of rotatable bonds is 0. The van der Waals surface area contributed by atoms with Crippen LogP contribution in [0.4, 0.5) is 0 Å². The monoisotopic (exact) mass is 230 g/mol. The van der Waals surface area contributed by atoms with Crippen molar-refractivity contribution >= 4 is 34.6 Å². The summed E-state index contributed by atoms with van der Waals surface area (Å²) in [5.41, 5.74) is 1.81. The molecule has 0 radical (unpaired) electrons. The van der Waals surface area contributed by atoms with Crippen LogP contribution in [-0.2, 0) is 8.98 Å². The Labute approximate surface area is 91.8 Å². The van der Waals surface area contributed by atoms with E-state index in [0.717, 1.165) is 23.4 Å². The highest BCUT2D eigenvalue weighted by Crippen LogP contribution is 2.11. The Balaban J connectivity index is 2.69. The maximum absolute atomic E-state index is 10.5. The van der Waals surface area contributed by atoms with Gasteiger partial charge in [-0.25, -0.2) is 4.68 Å². The van der Waals surface area contributed by atoms with Gasteiger partial charge < -0.3 is 4.18 Å². The Morgan fingerprint density at radius 3 is 2.71 bits per heavy atom. The van der Waals surface area contributed by atoms with Gasteiger partial charge in [0.1, 0.15) is 12.0 Å². The van der Waals surface area contributed by atoms with Crippen LogP contribution >= 0.6 is 24.3 Å². The number of carbonyl (C=O) groups excluding carboxylic acids is 1. The Morgan fingerprint density at radius 2 is 2.29 bits per heavy atom. The van der Waals surface area contributed by atoms with Crippen molar-refractivity contribution in [2.24, 2.45) is 0 Å². The number of hydrogen-bond acceptors (Lipinski definition) is 5. The molecule has 0 aliphatic heterocycles. The number of nitrogens with zero attached hydrogens (tertiary/aromatic N) is 2. The second-order valence-electron chi connectivity index (χ2n) is 2.76. The molecule has 0 amide bonds. The summed E-state index contributed by atoms with van der Waals surface area (Å²) >= 11 is 5.87. The van der Waals surface area contributed by atoms with Crippen LogP contribution in [0.3, 0.4) is 0 Å². The van der Waals surface area contributed by atoms with E-state index < -0.39 is 0 Å². The maximum Gasteiger partial charge on any atom is 0.315 e. The molecule has 14 heavy (non-hydrogen) atoms. The van der Waals surface area contributed by atoms with Crippen molar-refractivity contribution in [3.8, 4) is 0 Å². The number of aromatic nitrogens is 2. The van der Waals surface area contributed by atoms with Gasteiger partial charge in [-0.15, -0.1) is 0 Å². The molecule has 0 saturated heterocycles. The van der Waals surface area contributed by atoms with E-state index in [2.05, 4.69) is 5.10 Å². The van der Waals surface area contributed by atoms with Gasteiger partial charge >= 0.3 is 5.97 Å². The molecule has 1 rings (SSSR count). The predicted molar refractivity (Wildman–Crippen MR) is 59.1 cm³/mol. The number of carbonyl (C=O) groups is 1. The van der Waals surface area contributed by atoms with Crippen LogP contribution < -0.4 is 0 Å². The van der Waals surface area contributed by atoms with Crippen molar-refractivity contribution in [2.75, 3.05) is 0 Å². The number of thiocarbonyl (C=S) groups is 1. The topological polar surface area (TPSA) is 44.1 Å². The summed E-state index contributed by atoms with van der Waals surface area (Å²) in [4.78, 5) is 10.5. The van der Waals surface area contributed by atoms with Gasteiger partial charge in [0.2, 0.25) is 4.32 Å². The first-order valence-electron chi connectivity index (χ1n) is 3.93. The number of aryl methyl sites for hydroxylation is 2. The molecular weight excluding hydrogens is 220 g/mol. The van der Waals surface area contributed by atoms with E-state index in [4.69, 9.17) is 16.4 Å². The molecule has 0 atom stereocenters. The molecule has 0 saturated carbocycles. The molecule has 0 N–H and O–H groups in total. The lowest BCUT2D eigenvalue weighted by Gasteiger charge is -2.03. The van der Waals surface area contributed by atoms with Gasteiger partial charge in [-0.05, 0) is 32.1 Å². The largest absolute Gasteiger partial charge is 0.384 e. The summed E-state index contributed by atoms with van der Waals surface area (Å²) in [6, 6.07) is 1.90. The lowest BCUT2D eigenvalue weighted by molar-refractivity contribution is -0.130. The minimum Gasteiger partial charge on any atom is -0.384 e. The molecule has 4 nitrogen and oxygen atoms in total. The van der Waals surface area contributed by atoms with E-state index in [1.165, 1.54) is 6.92 Å². The van der Waals surface area contributed by atoms with E-state index in [0.29, 0.717) is 4.32 Å². The molecule has 0 aliphatic carbocycles.